The SMILES string of the molecule is Cc1c(-c2cncc(C=O)c2)ccc(F)c1C(C)C(N)c1n[nH]c(=O)o1. The number of H-pyrrole nitrogens is 1. The lowest BCUT2D eigenvalue weighted by Gasteiger charge is -2.21. The Labute approximate surface area is 148 Å². The molecule has 0 aliphatic carbocycles. The Morgan fingerprint density at radius 2 is 2.12 bits per heavy atom. The summed E-state index contributed by atoms with van der Waals surface area (Å²) in [5, 5.41) is 5.87. The molecule has 0 amide bonds. The molecule has 2 atom stereocenters. The minimum Gasteiger partial charge on any atom is -0.391 e. The number of aromatic amines is 1. The molecule has 0 aliphatic rings. The molecule has 2 unspecified atom stereocenters. The molecule has 26 heavy (non-hydrogen) atoms. The van der Waals surface area contributed by atoms with E-state index in [1.165, 1.54) is 12.3 Å². The summed E-state index contributed by atoms with van der Waals surface area (Å²) in [6.07, 6.45) is 3.76. The van der Waals surface area contributed by atoms with Crippen LogP contribution in [-0.4, -0.2) is 21.5 Å². The normalized spacial score (nSPS) is 13.4. The van der Waals surface area contributed by atoms with Gasteiger partial charge in [-0.2, -0.15) is 0 Å². The van der Waals surface area contributed by atoms with Gasteiger partial charge in [-0.3, -0.25) is 9.78 Å². The molecule has 7 nitrogen and oxygen atoms in total. The summed E-state index contributed by atoms with van der Waals surface area (Å²) in [5.74, 6) is -1.64. The highest BCUT2D eigenvalue weighted by Gasteiger charge is 2.26. The van der Waals surface area contributed by atoms with Crippen LogP contribution in [0.25, 0.3) is 11.1 Å². The molecule has 3 aromatic rings. The number of halogens is 1. The molecule has 3 rings (SSSR count). The van der Waals surface area contributed by atoms with Crippen LogP contribution < -0.4 is 11.5 Å². The van der Waals surface area contributed by atoms with Crippen molar-refractivity contribution in [2.45, 2.75) is 25.8 Å². The van der Waals surface area contributed by atoms with Crippen LogP contribution in [-0.2, 0) is 0 Å². The molecular weight excluding hydrogens is 339 g/mol. The largest absolute Gasteiger partial charge is 0.434 e. The van der Waals surface area contributed by atoms with Gasteiger partial charge in [0.1, 0.15) is 5.82 Å². The number of nitrogens with zero attached hydrogens (tertiary/aromatic N) is 2. The number of hydrogen-bond donors (Lipinski definition) is 2. The molecule has 0 fully saturated rings. The molecule has 1 aromatic carbocycles. The first-order chi connectivity index (χ1) is 12.4. The highest BCUT2D eigenvalue weighted by Crippen LogP contribution is 2.36. The van der Waals surface area contributed by atoms with Crippen molar-refractivity contribution in [2.75, 3.05) is 0 Å². The summed E-state index contributed by atoms with van der Waals surface area (Å²) in [6, 6.07) is 3.85. The summed E-state index contributed by atoms with van der Waals surface area (Å²) < 4.78 is 19.5. The Morgan fingerprint density at radius 3 is 2.77 bits per heavy atom. The van der Waals surface area contributed by atoms with E-state index >= 15 is 0 Å². The number of hydrogen-bond acceptors (Lipinski definition) is 6. The van der Waals surface area contributed by atoms with E-state index in [1.54, 1.807) is 32.2 Å². The van der Waals surface area contributed by atoms with E-state index in [4.69, 9.17) is 10.2 Å². The van der Waals surface area contributed by atoms with Gasteiger partial charge in [0.05, 0.1) is 6.04 Å². The van der Waals surface area contributed by atoms with Crippen molar-refractivity contribution in [3.05, 3.63) is 69.5 Å². The van der Waals surface area contributed by atoms with Crippen LogP contribution in [0.4, 0.5) is 4.39 Å². The molecular formula is C18H17FN4O3. The first kappa shape index (κ1) is 17.7. The molecule has 2 aromatic heterocycles. The third kappa shape index (κ3) is 3.18. The summed E-state index contributed by atoms with van der Waals surface area (Å²) in [5.41, 5.74) is 9.02. The van der Waals surface area contributed by atoms with Crippen molar-refractivity contribution in [3.8, 4) is 11.1 Å². The molecule has 0 radical (unpaired) electrons. The van der Waals surface area contributed by atoms with Gasteiger partial charge in [-0.05, 0) is 35.7 Å². The van der Waals surface area contributed by atoms with E-state index in [0.29, 0.717) is 28.5 Å². The molecule has 0 saturated carbocycles. The summed E-state index contributed by atoms with van der Waals surface area (Å²) in [4.78, 5) is 26.2. The summed E-state index contributed by atoms with van der Waals surface area (Å²) in [7, 11) is 0. The van der Waals surface area contributed by atoms with E-state index in [2.05, 4.69) is 15.2 Å². The van der Waals surface area contributed by atoms with Crippen molar-refractivity contribution in [2.24, 2.45) is 5.73 Å². The number of nitrogens with one attached hydrogen (secondary N) is 1. The van der Waals surface area contributed by atoms with Crippen molar-refractivity contribution in [1.82, 2.24) is 15.2 Å². The van der Waals surface area contributed by atoms with Gasteiger partial charge >= 0.3 is 5.76 Å². The number of aromatic nitrogens is 3. The van der Waals surface area contributed by atoms with Gasteiger partial charge in [-0.15, -0.1) is 5.10 Å². The van der Waals surface area contributed by atoms with E-state index in [-0.39, 0.29) is 5.89 Å². The van der Waals surface area contributed by atoms with Crippen LogP contribution in [0.5, 0.6) is 0 Å². The summed E-state index contributed by atoms with van der Waals surface area (Å²) in [6.45, 7) is 3.50. The lowest BCUT2D eigenvalue weighted by atomic mass is 9.86. The number of carbonyl (C=O) groups excluding carboxylic acids is 1. The smallest absolute Gasteiger partial charge is 0.391 e. The van der Waals surface area contributed by atoms with Gasteiger partial charge in [-0.25, -0.2) is 14.3 Å². The van der Waals surface area contributed by atoms with Gasteiger partial charge in [-0.1, -0.05) is 13.0 Å². The molecule has 134 valence electrons. The van der Waals surface area contributed by atoms with Gasteiger partial charge in [0.15, 0.2) is 6.29 Å². The molecule has 8 heteroatoms. The van der Waals surface area contributed by atoms with Gasteiger partial charge < -0.3 is 10.2 Å². The third-order valence-electron chi connectivity index (χ3n) is 4.40. The molecule has 3 N–H and O–H groups in total. The number of rotatable bonds is 5. The molecule has 0 saturated heterocycles. The van der Waals surface area contributed by atoms with E-state index < -0.39 is 23.5 Å². The van der Waals surface area contributed by atoms with Gasteiger partial charge in [0, 0.05) is 29.4 Å². The quantitative estimate of drug-likeness (QED) is 0.679. The fourth-order valence-electron chi connectivity index (χ4n) is 3.01. The van der Waals surface area contributed by atoms with E-state index in [0.717, 1.165) is 5.56 Å². The standard InChI is InChI=1S/C18H17FN4O3/c1-9-13(12-5-11(8-24)6-21-7-12)3-4-14(19)15(9)10(2)16(20)17-22-23-18(25)26-17/h3-8,10,16H,20H2,1-2H3,(H,23,25). The zero-order chi connectivity index (χ0) is 18.8. The minimum atomic E-state index is -0.808. The van der Waals surface area contributed by atoms with Crippen LogP contribution in [0.1, 0.15) is 46.3 Å². The van der Waals surface area contributed by atoms with Crippen molar-refractivity contribution in [1.29, 1.82) is 0 Å². The molecule has 0 spiro atoms. The fourth-order valence-corrected chi connectivity index (χ4v) is 3.01. The number of nitrogens with two attached hydrogens (primary N) is 1. The average molecular weight is 356 g/mol. The number of carbonyl (C=O) groups is 1. The molecule has 0 bridgehead atoms. The molecule has 0 aliphatic heterocycles. The van der Waals surface area contributed by atoms with Crippen LogP contribution in [0.15, 0.2) is 39.8 Å². The van der Waals surface area contributed by atoms with Gasteiger partial charge in [0.25, 0.3) is 0 Å². The minimum absolute atomic E-state index is 0.0105. The van der Waals surface area contributed by atoms with Crippen molar-refractivity contribution < 1.29 is 13.6 Å². The Balaban J connectivity index is 2.07. The molecule has 2 heterocycles. The second kappa shape index (κ2) is 7.01. The zero-order valence-electron chi connectivity index (χ0n) is 14.2. The second-order valence-corrected chi connectivity index (χ2v) is 6.02. The fraction of sp³-hybridized carbons (Fsp3) is 0.222. The first-order valence-electron chi connectivity index (χ1n) is 7.93. The average Bonchev–Trinajstić information content (AvgIpc) is 3.07. The zero-order valence-corrected chi connectivity index (χ0v) is 14.2. The van der Waals surface area contributed by atoms with Crippen molar-refractivity contribution >= 4 is 6.29 Å². The van der Waals surface area contributed by atoms with Crippen LogP contribution >= 0.6 is 0 Å². The van der Waals surface area contributed by atoms with Crippen molar-refractivity contribution in [3.63, 3.8) is 0 Å². The van der Waals surface area contributed by atoms with E-state index in [1.807, 2.05) is 0 Å². The lowest BCUT2D eigenvalue weighted by molar-refractivity contribution is 0.112. The predicted molar refractivity (Wildman–Crippen MR) is 92.2 cm³/mol. The number of aldehydes is 1. The number of pyridine rings is 1. The Bertz CT molecular complexity index is 1010. The van der Waals surface area contributed by atoms with Crippen LogP contribution in [0, 0.1) is 12.7 Å². The predicted octanol–water partition coefficient (Wildman–Crippen LogP) is 2.49. The Kier molecular flexibility index (Phi) is 4.77. The second-order valence-electron chi connectivity index (χ2n) is 6.02. The Hall–Kier alpha value is -3.13. The summed E-state index contributed by atoms with van der Waals surface area (Å²) >= 11 is 0. The number of benzene rings is 1. The van der Waals surface area contributed by atoms with Gasteiger partial charge in [0.2, 0.25) is 5.89 Å². The maximum Gasteiger partial charge on any atom is 0.434 e. The monoisotopic (exact) mass is 356 g/mol. The van der Waals surface area contributed by atoms with Crippen LogP contribution in [0.3, 0.4) is 0 Å². The van der Waals surface area contributed by atoms with Crippen LogP contribution in [0.2, 0.25) is 0 Å². The first-order valence-corrected chi connectivity index (χ1v) is 7.93. The topological polar surface area (TPSA) is 115 Å². The maximum atomic E-state index is 14.6. The highest BCUT2D eigenvalue weighted by atomic mass is 19.1. The highest BCUT2D eigenvalue weighted by molar-refractivity contribution is 5.79. The maximum absolute atomic E-state index is 14.6. The third-order valence-corrected chi connectivity index (χ3v) is 4.40. The lowest BCUT2D eigenvalue weighted by Crippen LogP contribution is -2.20. The van der Waals surface area contributed by atoms with E-state index in [9.17, 15) is 14.0 Å². The Morgan fingerprint density at radius 1 is 1.35 bits per heavy atom.